The van der Waals surface area contributed by atoms with Gasteiger partial charge in [-0.3, -0.25) is 0 Å². The van der Waals surface area contributed by atoms with Crippen molar-refractivity contribution in [1.29, 1.82) is 0 Å². The Bertz CT molecular complexity index is 3890. The van der Waals surface area contributed by atoms with Gasteiger partial charge in [-0.25, -0.2) is 0 Å². The van der Waals surface area contributed by atoms with Gasteiger partial charge < -0.3 is 9.13 Å². The first-order valence-electron chi connectivity index (χ1n) is 22.0. The fourth-order valence-electron chi connectivity index (χ4n) is 12.3. The van der Waals surface area contributed by atoms with Crippen molar-refractivity contribution in [2.45, 2.75) is 5.41 Å². The third kappa shape index (κ3) is 4.09. The monoisotopic (exact) mass is 796 g/mol. The number of para-hydroxylation sites is 4. The van der Waals surface area contributed by atoms with Crippen molar-refractivity contribution in [3.05, 3.63) is 241 Å². The van der Waals surface area contributed by atoms with Crippen molar-refractivity contribution >= 4 is 75.9 Å². The zero-order valence-corrected chi connectivity index (χ0v) is 34.2. The number of hydrogen-bond donors (Lipinski definition) is 0. The van der Waals surface area contributed by atoms with Crippen LogP contribution in [0.2, 0.25) is 0 Å². The molecule has 0 aliphatic heterocycles. The van der Waals surface area contributed by atoms with Crippen LogP contribution in [0.5, 0.6) is 0 Å². The van der Waals surface area contributed by atoms with Gasteiger partial charge in [0.15, 0.2) is 0 Å². The summed E-state index contributed by atoms with van der Waals surface area (Å²) in [6, 6.07) is 82.3. The molecule has 0 N–H and O–H groups in total. The van der Waals surface area contributed by atoms with E-state index in [1.807, 2.05) is 0 Å². The predicted molar refractivity (Wildman–Crippen MR) is 264 cm³/mol. The number of fused-ring (bicyclic) bond motifs is 23. The number of hydrogen-bond acceptors (Lipinski definition) is 0. The molecule has 13 aromatic rings. The molecule has 290 valence electrons. The normalized spacial score (nSPS) is 13.5. The van der Waals surface area contributed by atoms with Crippen LogP contribution in [-0.4, -0.2) is 9.13 Å². The molecule has 0 bridgehead atoms. The van der Waals surface area contributed by atoms with E-state index in [0.29, 0.717) is 0 Å². The van der Waals surface area contributed by atoms with E-state index in [1.54, 1.807) is 0 Å². The highest BCUT2D eigenvalue weighted by Gasteiger charge is 2.53. The second-order valence-corrected chi connectivity index (χ2v) is 17.5. The Morgan fingerprint density at radius 3 is 1.29 bits per heavy atom. The Hall–Kier alpha value is -8.20. The molecule has 2 aliphatic rings. The van der Waals surface area contributed by atoms with E-state index in [1.165, 1.54) is 132 Å². The van der Waals surface area contributed by atoms with Gasteiger partial charge in [-0.1, -0.05) is 170 Å². The molecule has 2 nitrogen and oxygen atoms in total. The lowest BCUT2D eigenvalue weighted by molar-refractivity contribution is 0.800. The Morgan fingerprint density at radius 2 is 0.730 bits per heavy atom. The van der Waals surface area contributed by atoms with Gasteiger partial charge in [-0.2, -0.15) is 0 Å². The summed E-state index contributed by atoms with van der Waals surface area (Å²) in [4.78, 5) is 0. The molecule has 2 heteroatoms. The Kier molecular flexibility index (Phi) is 6.38. The minimum absolute atomic E-state index is 0.646. The summed E-state index contributed by atoms with van der Waals surface area (Å²) in [7, 11) is 0. The summed E-state index contributed by atoms with van der Waals surface area (Å²) >= 11 is 0. The van der Waals surface area contributed by atoms with E-state index in [0.717, 1.165) is 0 Å². The van der Waals surface area contributed by atoms with Gasteiger partial charge in [0.25, 0.3) is 0 Å². The Labute approximate surface area is 363 Å². The van der Waals surface area contributed by atoms with Gasteiger partial charge in [0.05, 0.1) is 27.5 Å². The summed E-state index contributed by atoms with van der Waals surface area (Å²) in [6.45, 7) is 0. The molecule has 1 spiro atoms. The van der Waals surface area contributed by atoms with E-state index in [2.05, 4.69) is 228 Å². The second-order valence-electron chi connectivity index (χ2n) is 17.5. The smallest absolute Gasteiger partial charge is 0.0733 e. The molecular formula is C61H36N2. The largest absolute Gasteiger partial charge is 0.309 e. The first kappa shape index (κ1) is 33.5. The van der Waals surface area contributed by atoms with Gasteiger partial charge in [0.2, 0.25) is 0 Å². The van der Waals surface area contributed by atoms with Crippen LogP contribution in [0.3, 0.4) is 0 Å². The number of benzene rings is 11. The fourth-order valence-corrected chi connectivity index (χ4v) is 12.3. The molecule has 0 atom stereocenters. The minimum Gasteiger partial charge on any atom is -0.309 e. The van der Waals surface area contributed by atoms with Gasteiger partial charge in [0.1, 0.15) is 0 Å². The van der Waals surface area contributed by atoms with Crippen molar-refractivity contribution in [2.24, 2.45) is 0 Å². The number of nitrogens with zero attached hydrogens (tertiary/aromatic N) is 2. The maximum absolute atomic E-state index is 2.55. The zero-order chi connectivity index (χ0) is 41.0. The maximum atomic E-state index is 2.55. The van der Waals surface area contributed by atoms with Crippen LogP contribution in [0, 0.1) is 0 Å². The van der Waals surface area contributed by atoms with E-state index in [4.69, 9.17) is 0 Å². The SMILES string of the molecule is c1ccc2c(c1)-c1c(c3c4ccccc4ccc3c3ccccc13)C21c2cc(-n3c4ccccc4c4ccccc43)ccc2-c2ccc(-n3c4ccccc4c4ccccc43)cc21. The van der Waals surface area contributed by atoms with E-state index in [-0.39, 0.29) is 0 Å². The van der Waals surface area contributed by atoms with Crippen molar-refractivity contribution in [3.8, 4) is 33.6 Å². The lowest BCUT2D eigenvalue weighted by Gasteiger charge is -2.33. The molecule has 0 amide bonds. The summed E-state index contributed by atoms with van der Waals surface area (Å²) in [5.41, 5.74) is 17.1. The summed E-state index contributed by atoms with van der Waals surface area (Å²) in [5, 5.41) is 12.8. The van der Waals surface area contributed by atoms with Crippen LogP contribution in [0.4, 0.5) is 0 Å². The van der Waals surface area contributed by atoms with Gasteiger partial charge in [-0.15, -0.1) is 0 Å². The molecule has 0 saturated carbocycles. The molecule has 15 rings (SSSR count). The highest BCUT2D eigenvalue weighted by Crippen LogP contribution is 2.66. The maximum Gasteiger partial charge on any atom is 0.0733 e. The van der Waals surface area contributed by atoms with Crippen LogP contribution < -0.4 is 0 Å². The summed E-state index contributed by atoms with van der Waals surface area (Å²) in [6.07, 6.45) is 0. The van der Waals surface area contributed by atoms with Crippen LogP contribution in [-0.2, 0) is 5.41 Å². The van der Waals surface area contributed by atoms with Gasteiger partial charge in [0, 0.05) is 32.9 Å². The van der Waals surface area contributed by atoms with Crippen molar-refractivity contribution in [2.75, 3.05) is 0 Å². The highest BCUT2D eigenvalue weighted by atomic mass is 15.0. The lowest BCUT2D eigenvalue weighted by Crippen LogP contribution is -2.26. The topological polar surface area (TPSA) is 9.86 Å². The molecule has 63 heavy (non-hydrogen) atoms. The molecule has 2 heterocycles. The van der Waals surface area contributed by atoms with Crippen LogP contribution in [0.25, 0.3) is 110 Å². The molecule has 0 fully saturated rings. The third-order valence-electron chi connectivity index (χ3n) is 14.7. The summed E-state index contributed by atoms with van der Waals surface area (Å²) < 4.78 is 4.97. The van der Waals surface area contributed by atoms with Crippen molar-refractivity contribution in [1.82, 2.24) is 9.13 Å². The molecule has 2 aliphatic carbocycles. The van der Waals surface area contributed by atoms with Crippen molar-refractivity contribution < 1.29 is 0 Å². The summed E-state index contributed by atoms with van der Waals surface area (Å²) in [5.74, 6) is 0. The van der Waals surface area contributed by atoms with E-state index >= 15 is 0 Å². The quantitative estimate of drug-likeness (QED) is 0.154. The van der Waals surface area contributed by atoms with E-state index in [9.17, 15) is 0 Å². The molecular weight excluding hydrogens is 761 g/mol. The number of rotatable bonds is 2. The standard InChI is InChI=1S/C61H36N2/c1-2-16-40-37(15-1)29-32-49-41-17-3-4-22-48(41)59-50-23-5-10-24-51(50)61(60(59)58(40)49)52-35-38(62-54-25-11-6-18-44(54)45-19-7-12-26-55(45)62)30-33-42(52)43-34-31-39(36-53(43)61)63-56-27-13-8-20-46(56)47-21-9-14-28-57(47)63/h1-36H. The minimum atomic E-state index is -0.646. The highest BCUT2D eigenvalue weighted by molar-refractivity contribution is 6.26. The molecule has 0 unspecified atom stereocenters. The molecule has 11 aromatic carbocycles. The zero-order valence-electron chi connectivity index (χ0n) is 34.2. The van der Waals surface area contributed by atoms with E-state index < -0.39 is 5.41 Å². The Balaban J connectivity index is 1.15. The molecule has 0 saturated heterocycles. The van der Waals surface area contributed by atoms with Crippen LogP contribution >= 0.6 is 0 Å². The fraction of sp³-hybridized carbons (Fsp3) is 0.0164. The second kappa shape index (κ2) is 12.0. The Morgan fingerprint density at radius 1 is 0.286 bits per heavy atom. The average Bonchev–Trinajstić information content (AvgIpc) is 4.06. The van der Waals surface area contributed by atoms with Gasteiger partial charge >= 0.3 is 0 Å². The van der Waals surface area contributed by atoms with Crippen LogP contribution in [0.1, 0.15) is 22.3 Å². The average molecular weight is 797 g/mol. The first-order chi connectivity index (χ1) is 31.3. The van der Waals surface area contributed by atoms with Gasteiger partial charge in [-0.05, 0) is 125 Å². The first-order valence-corrected chi connectivity index (χ1v) is 22.0. The third-order valence-corrected chi connectivity index (χ3v) is 14.7. The molecule has 2 aromatic heterocycles. The predicted octanol–water partition coefficient (Wildman–Crippen LogP) is 15.7. The molecule has 0 radical (unpaired) electrons. The van der Waals surface area contributed by atoms with Crippen molar-refractivity contribution in [3.63, 3.8) is 0 Å². The number of aromatic nitrogens is 2. The van der Waals surface area contributed by atoms with Crippen LogP contribution in [0.15, 0.2) is 218 Å². The lowest BCUT2D eigenvalue weighted by atomic mass is 9.68.